The van der Waals surface area contributed by atoms with Gasteiger partial charge < -0.3 is 4.98 Å². The predicted molar refractivity (Wildman–Crippen MR) is 71.4 cm³/mol. The van der Waals surface area contributed by atoms with E-state index in [-0.39, 0.29) is 16.7 Å². The number of hydrogen-bond donors (Lipinski definition) is 1. The Hall–Kier alpha value is -1.77. The maximum Gasteiger partial charge on any atom is 0.406 e. The Labute approximate surface area is 122 Å². The molecule has 0 aliphatic heterocycles. The number of Topliss-reactive ketones (excluding diaryl/α,β-unsaturated/α-hetero) is 1. The van der Waals surface area contributed by atoms with E-state index in [4.69, 9.17) is 0 Å². The third kappa shape index (κ3) is 4.10. The Kier molecular flexibility index (Phi) is 4.40. The minimum Gasteiger partial charge on any atom is -0.362 e. The molecule has 2 rings (SSSR count). The summed E-state index contributed by atoms with van der Waals surface area (Å²) < 4.78 is 38.0. The predicted octanol–water partition coefficient (Wildman–Crippen LogP) is 2.76. The summed E-state index contributed by atoms with van der Waals surface area (Å²) in [6, 6.07) is 1.72. The number of rotatable bonds is 5. The summed E-state index contributed by atoms with van der Waals surface area (Å²) in [6.07, 6.45) is -3.35. The second-order valence-corrected chi connectivity index (χ2v) is 5.50. The second-order valence-electron chi connectivity index (χ2n) is 4.56. The fourth-order valence-electron chi connectivity index (χ4n) is 1.88. The molecular weight excluding hydrogens is 305 g/mol. The molecule has 0 fully saturated rings. The van der Waals surface area contributed by atoms with Crippen LogP contribution in [0.15, 0.2) is 17.6 Å². The maximum absolute atomic E-state index is 12.4. The van der Waals surface area contributed by atoms with Gasteiger partial charge in [-0.15, -0.1) is 10.2 Å². The molecule has 1 N–H and O–H groups in total. The maximum atomic E-state index is 12.4. The van der Waals surface area contributed by atoms with Crippen LogP contribution < -0.4 is 0 Å². The highest BCUT2D eigenvalue weighted by molar-refractivity contribution is 7.99. The van der Waals surface area contributed by atoms with Crippen LogP contribution in [0.4, 0.5) is 13.2 Å². The smallest absolute Gasteiger partial charge is 0.362 e. The van der Waals surface area contributed by atoms with Crippen LogP contribution in [-0.4, -0.2) is 37.5 Å². The summed E-state index contributed by atoms with van der Waals surface area (Å²) in [5.41, 5.74) is 2.15. The number of carbonyl (C=O) groups is 1. The van der Waals surface area contributed by atoms with E-state index >= 15 is 0 Å². The molecule has 2 aromatic rings. The standard InChI is InChI=1S/C12H13F3N4OS/c1-7-3-9(8(2)17-7)10(20)4-21-11-18-16-6-19(11)5-12(13,14)15/h3,6,17H,4-5H2,1-2H3. The van der Waals surface area contributed by atoms with E-state index in [1.54, 1.807) is 13.0 Å². The molecule has 2 heterocycles. The van der Waals surface area contributed by atoms with Gasteiger partial charge in [-0.2, -0.15) is 13.2 Å². The number of ketones is 1. The van der Waals surface area contributed by atoms with Crippen molar-refractivity contribution < 1.29 is 18.0 Å². The fraction of sp³-hybridized carbons (Fsp3) is 0.417. The lowest BCUT2D eigenvalue weighted by Gasteiger charge is -2.08. The summed E-state index contributed by atoms with van der Waals surface area (Å²) in [6.45, 7) is 2.44. The summed E-state index contributed by atoms with van der Waals surface area (Å²) in [4.78, 5) is 15.1. The number of halogens is 3. The summed E-state index contributed by atoms with van der Waals surface area (Å²) in [5.74, 6) is -0.155. The van der Waals surface area contributed by atoms with Crippen LogP contribution >= 0.6 is 11.8 Å². The quantitative estimate of drug-likeness (QED) is 0.680. The van der Waals surface area contributed by atoms with Gasteiger partial charge in [0, 0.05) is 17.0 Å². The number of H-pyrrole nitrogens is 1. The highest BCUT2D eigenvalue weighted by Crippen LogP contribution is 2.23. The third-order valence-electron chi connectivity index (χ3n) is 2.71. The summed E-state index contributed by atoms with van der Waals surface area (Å²) >= 11 is 0.941. The number of nitrogens with zero attached hydrogens (tertiary/aromatic N) is 3. The van der Waals surface area contributed by atoms with E-state index in [9.17, 15) is 18.0 Å². The number of thioether (sulfide) groups is 1. The molecular formula is C12H13F3N4OS. The zero-order valence-electron chi connectivity index (χ0n) is 11.4. The van der Waals surface area contributed by atoms with Crippen LogP contribution in [0.25, 0.3) is 0 Å². The zero-order chi connectivity index (χ0) is 15.6. The van der Waals surface area contributed by atoms with Crippen LogP contribution in [0.5, 0.6) is 0 Å². The van der Waals surface area contributed by atoms with Crippen molar-refractivity contribution in [1.82, 2.24) is 19.7 Å². The normalized spacial score (nSPS) is 11.9. The van der Waals surface area contributed by atoms with E-state index in [1.807, 2.05) is 6.92 Å². The summed E-state index contributed by atoms with van der Waals surface area (Å²) in [5, 5.41) is 7.14. The fourth-order valence-corrected chi connectivity index (χ4v) is 2.68. The van der Waals surface area contributed by atoms with Gasteiger partial charge in [0.25, 0.3) is 0 Å². The zero-order valence-corrected chi connectivity index (χ0v) is 12.2. The van der Waals surface area contributed by atoms with Gasteiger partial charge >= 0.3 is 6.18 Å². The first-order valence-corrected chi connectivity index (χ1v) is 7.01. The number of aryl methyl sites for hydroxylation is 2. The number of carbonyl (C=O) groups excluding carboxylic acids is 1. The molecule has 21 heavy (non-hydrogen) atoms. The van der Waals surface area contributed by atoms with Gasteiger partial charge in [0.15, 0.2) is 10.9 Å². The number of aromatic amines is 1. The van der Waals surface area contributed by atoms with Crippen LogP contribution in [0.1, 0.15) is 21.7 Å². The molecule has 0 bridgehead atoms. The molecule has 0 unspecified atom stereocenters. The largest absolute Gasteiger partial charge is 0.406 e. The molecule has 114 valence electrons. The van der Waals surface area contributed by atoms with E-state index < -0.39 is 12.7 Å². The topological polar surface area (TPSA) is 63.6 Å². The lowest BCUT2D eigenvalue weighted by molar-refractivity contribution is -0.142. The van der Waals surface area contributed by atoms with Crippen molar-refractivity contribution in [3.05, 3.63) is 29.3 Å². The molecule has 0 aromatic carbocycles. The Morgan fingerprint density at radius 1 is 1.43 bits per heavy atom. The van der Waals surface area contributed by atoms with Gasteiger partial charge in [0.2, 0.25) is 0 Å². The van der Waals surface area contributed by atoms with Crippen molar-refractivity contribution in [1.29, 1.82) is 0 Å². The van der Waals surface area contributed by atoms with Crippen molar-refractivity contribution >= 4 is 17.5 Å². The van der Waals surface area contributed by atoms with Gasteiger partial charge in [-0.05, 0) is 19.9 Å². The van der Waals surface area contributed by atoms with Crippen molar-refractivity contribution in [2.24, 2.45) is 0 Å². The minimum atomic E-state index is -4.35. The molecule has 0 aliphatic rings. The molecule has 5 nitrogen and oxygen atoms in total. The molecule has 0 spiro atoms. The highest BCUT2D eigenvalue weighted by Gasteiger charge is 2.29. The molecule has 0 amide bonds. The Morgan fingerprint density at radius 3 is 2.71 bits per heavy atom. The average Bonchev–Trinajstić information content (AvgIpc) is 2.91. The molecule has 0 aliphatic carbocycles. The van der Waals surface area contributed by atoms with Crippen LogP contribution in [-0.2, 0) is 6.54 Å². The van der Waals surface area contributed by atoms with E-state index in [0.29, 0.717) is 5.56 Å². The minimum absolute atomic E-state index is 0.00861. The van der Waals surface area contributed by atoms with E-state index in [1.165, 1.54) is 0 Å². The first-order valence-electron chi connectivity index (χ1n) is 6.03. The Balaban J connectivity index is 2.02. The first-order chi connectivity index (χ1) is 9.76. The lowest BCUT2D eigenvalue weighted by atomic mass is 10.2. The number of aromatic nitrogens is 4. The number of hydrogen-bond acceptors (Lipinski definition) is 4. The van der Waals surface area contributed by atoms with Gasteiger partial charge in [0.05, 0.1) is 5.75 Å². The number of nitrogens with one attached hydrogen (secondary N) is 1. The number of alkyl halides is 3. The van der Waals surface area contributed by atoms with Crippen molar-refractivity contribution in [2.45, 2.75) is 31.7 Å². The van der Waals surface area contributed by atoms with Gasteiger partial charge in [-0.3, -0.25) is 9.36 Å². The highest BCUT2D eigenvalue weighted by atomic mass is 32.2. The Bertz CT molecular complexity index is 647. The van der Waals surface area contributed by atoms with Crippen LogP contribution in [0.2, 0.25) is 0 Å². The third-order valence-corrected chi connectivity index (χ3v) is 3.69. The van der Waals surface area contributed by atoms with Gasteiger partial charge in [-0.1, -0.05) is 11.8 Å². The van der Waals surface area contributed by atoms with Crippen LogP contribution in [0.3, 0.4) is 0 Å². The summed E-state index contributed by atoms with van der Waals surface area (Å²) in [7, 11) is 0. The molecule has 2 aromatic heterocycles. The first kappa shape index (κ1) is 15.6. The van der Waals surface area contributed by atoms with Crippen molar-refractivity contribution in [3.8, 4) is 0 Å². The monoisotopic (exact) mass is 318 g/mol. The molecule has 0 atom stereocenters. The van der Waals surface area contributed by atoms with Crippen molar-refractivity contribution in [3.63, 3.8) is 0 Å². The molecule has 9 heteroatoms. The Morgan fingerprint density at radius 2 is 2.14 bits per heavy atom. The molecule has 0 saturated carbocycles. The van der Waals surface area contributed by atoms with Crippen LogP contribution in [0, 0.1) is 13.8 Å². The van der Waals surface area contributed by atoms with E-state index in [2.05, 4.69) is 15.2 Å². The van der Waals surface area contributed by atoms with Gasteiger partial charge in [0.1, 0.15) is 12.9 Å². The molecule has 0 radical (unpaired) electrons. The lowest BCUT2D eigenvalue weighted by Crippen LogP contribution is -2.18. The molecule has 0 saturated heterocycles. The van der Waals surface area contributed by atoms with E-state index in [0.717, 1.165) is 34.0 Å². The average molecular weight is 318 g/mol. The van der Waals surface area contributed by atoms with Crippen molar-refractivity contribution in [2.75, 3.05) is 5.75 Å². The SMILES string of the molecule is Cc1cc(C(=O)CSc2nncn2CC(F)(F)F)c(C)[nH]1. The van der Waals surface area contributed by atoms with Gasteiger partial charge in [-0.25, -0.2) is 0 Å². The second kappa shape index (κ2) is 5.92.